The topological polar surface area (TPSA) is 17.1 Å². The Kier molecular flexibility index (Phi) is 9.13. The van der Waals surface area contributed by atoms with Gasteiger partial charge in [0.05, 0.1) is 0 Å². The van der Waals surface area contributed by atoms with E-state index in [-0.39, 0.29) is 17.8 Å². The summed E-state index contributed by atoms with van der Waals surface area (Å²) in [5, 5.41) is 0. The zero-order valence-electron chi connectivity index (χ0n) is 29.8. The number of carbonyl (C=O) groups excluding carboxylic acids is 1. The van der Waals surface area contributed by atoms with E-state index in [1.54, 1.807) is 0 Å². The van der Waals surface area contributed by atoms with E-state index in [0.29, 0.717) is 41.3 Å². The van der Waals surface area contributed by atoms with E-state index in [0.717, 1.165) is 35.1 Å². The normalized spacial score (nSPS) is 28.9. The average molecular weight is 675 g/mol. The van der Waals surface area contributed by atoms with Crippen LogP contribution in [0.25, 0.3) is 0 Å². The van der Waals surface area contributed by atoms with Crippen LogP contribution in [0.15, 0.2) is 140 Å². The molecule has 0 amide bonds. The minimum atomic E-state index is -0.0173. The summed E-state index contributed by atoms with van der Waals surface area (Å²) < 4.78 is 0. The summed E-state index contributed by atoms with van der Waals surface area (Å²) in [4.78, 5) is 15.1. The van der Waals surface area contributed by atoms with Gasteiger partial charge in [-0.1, -0.05) is 134 Å². The minimum Gasteiger partial charge on any atom is -0.299 e. The number of rotatable bonds is 3. The molecule has 0 N–H and O–H groups in total. The molecule has 0 aromatic heterocycles. The summed E-state index contributed by atoms with van der Waals surface area (Å²) in [5.74, 6) is 17.4. The maximum absolute atomic E-state index is 15.1. The first-order valence-electron chi connectivity index (χ1n) is 19.6. The fraction of sp³-hybridized carbons (Fsp3) is 0.314. The van der Waals surface area contributed by atoms with Crippen LogP contribution in [-0.2, 0) is 4.79 Å². The Bertz CT molecular complexity index is 2130. The third kappa shape index (κ3) is 6.44. The van der Waals surface area contributed by atoms with Crippen LogP contribution in [0.5, 0.6) is 0 Å². The number of fused-ring (bicyclic) bond motifs is 9. The highest BCUT2D eigenvalue weighted by Crippen LogP contribution is 2.63. The molecule has 1 nitrogen and oxygen atoms in total. The molecule has 5 aromatic rings. The molecule has 1 heteroatoms. The standard InChI is InChI=1S/C51H46O/c52-51-49(40-15-8-3-9-16-40)48-43-18-10-17-42(33-43)46-34-44(31-32-45(46)39-27-23-37(24-28-39)21-19-35-11-4-1-5-12-35)50(51)47(48)41-29-25-38(26-30-41)22-20-36-13-6-2-7-14-36/h1-9,11-16,23-30,42-50H,10,17-18,31-34H2. The van der Waals surface area contributed by atoms with E-state index in [1.807, 2.05) is 36.4 Å². The molecule has 0 heterocycles. The number of carbonyl (C=O) groups is 1. The largest absolute Gasteiger partial charge is 0.299 e. The van der Waals surface area contributed by atoms with Gasteiger partial charge in [-0.25, -0.2) is 0 Å². The molecule has 4 aliphatic rings. The minimum absolute atomic E-state index is 0.0173. The van der Waals surface area contributed by atoms with Crippen molar-refractivity contribution in [3.8, 4) is 23.7 Å². The third-order valence-electron chi connectivity index (χ3n) is 13.2. The smallest absolute Gasteiger partial charge is 0.144 e. The van der Waals surface area contributed by atoms with Crippen LogP contribution in [0.2, 0.25) is 0 Å². The SMILES string of the molecule is O=C1C(c2ccccc2)C2C3CCCC(C3)C3CC(CCC3c3ccc(C#Cc4ccccc4)cc3)C1C2c1ccc(C#Cc2ccccc2)cc1. The lowest BCUT2D eigenvalue weighted by Crippen LogP contribution is -2.37. The van der Waals surface area contributed by atoms with Crippen LogP contribution in [0.1, 0.15) is 102 Å². The van der Waals surface area contributed by atoms with Crippen LogP contribution >= 0.6 is 0 Å². The molecule has 4 aliphatic carbocycles. The molecule has 4 saturated carbocycles. The van der Waals surface area contributed by atoms with E-state index in [2.05, 4.69) is 127 Å². The molecule has 6 bridgehead atoms. The predicted molar refractivity (Wildman–Crippen MR) is 211 cm³/mol. The Morgan fingerprint density at radius 2 is 0.942 bits per heavy atom. The molecular formula is C51H46O. The summed E-state index contributed by atoms with van der Waals surface area (Å²) >= 11 is 0. The zero-order chi connectivity index (χ0) is 34.9. The summed E-state index contributed by atoms with van der Waals surface area (Å²) in [7, 11) is 0. The van der Waals surface area contributed by atoms with Crippen molar-refractivity contribution in [2.75, 3.05) is 0 Å². The van der Waals surface area contributed by atoms with E-state index in [4.69, 9.17) is 0 Å². The van der Waals surface area contributed by atoms with Crippen LogP contribution < -0.4 is 0 Å². The molecule has 0 aliphatic heterocycles. The average Bonchev–Trinajstić information content (AvgIpc) is 3.53. The van der Waals surface area contributed by atoms with Gasteiger partial charge in [0, 0.05) is 34.1 Å². The molecule has 9 unspecified atom stereocenters. The van der Waals surface area contributed by atoms with Gasteiger partial charge in [-0.2, -0.15) is 0 Å². The van der Waals surface area contributed by atoms with Crippen molar-refractivity contribution in [2.24, 2.45) is 35.5 Å². The maximum atomic E-state index is 15.1. The summed E-state index contributed by atoms with van der Waals surface area (Å²) in [6.45, 7) is 0. The first-order chi connectivity index (χ1) is 25.7. The highest BCUT2D eigenvalue weighted by Gasteiger charge is 2.58. The Morgan fingerprint density at radius 3 is 1.54 bits per heavy atom. The molecule has 52 heavy (non-hydrogen) atoms. The van der Waals surface area contributed by atoms with E-state index < -0.39 is 0 Å². The van der Waals surface area contributed by atoms with Gasteiger partial charge in [-0.05, 0) is 132 Å². The van der Waals surface area contributed by atoms with Gasteiger partial charge >= 0.3 is 0 Å². The van der Waals surface area contributed by atoms with Crippen LogP contribution in [0, 0.1) is 59.2 Å². The van der Waals surface area contributed by atoms with Crippen LogP contribution in [-0.4, -0.2) is 5.78 Å². The van der Waals surface area contributed by atoms with Gasteiger partial charge in [0.1, 0.15) is 5.78 Å². The lowest BCUT2D eigenvalue weighted by molar-refractivity contribution is -0.124. The van der Waals surface area contributed by atoms with Gasteiger partial charge < -0.3 is 0 Å². The van der Waals surface area contributed by atoms with Crippen molar-refractivity contribution >= 4 is 5.78 Å². The molecule has 0 spiro atoms. The van der Waals surface area contributed by atoms with Crippen molar-refractivity contribution in [2.45, 2.75) is 62.7 Å². The zero-order valence-corrected chi connectivity index (χ0v) is 29.8. The van der Waals surface area contributed by atoms with Crippen molar-refractivity contribution in [1.29, 1.82) is 0 Å². The highest BCUT2D eigenvalue weighted by atomic mass is 16.1. The second-order valence-electron chi connectivity index (χ2n) is 15.9. The Morgan fingerprint density at radius 1 is 0.423 bits per heavy atom. The van der Waals surface area contributed by atoms with Crippen LogP contribution in [0.4, 0.5) is 0 Å². The van der Waals surface area contributed by atoms with Gasteiger partial charge in [-0.15, -0.1) is 0 Å². The van der Waals surface area contributed by atoms with Crippen LogP contribution in [0.3, 0.4) is 0 Å². The summed E-state index contributed by atoms with van der Waals surface area (Å²) in [5.41, 5.74) is 8.24. The van der Waals surface area contributed by atoms with Crippen molar-refractivity contribution in [1.82, 2.24) is 0 Å². The Labute approximate surface area is 309 Å². The monoisotopic (exact) mass is 674 g/mol. The molecule has 9 rings (SSSR count). The van der Waals surface area contributed by atoms with Gasteiger partial charge in [-0.3, -0.25) is 4.79 Å². The van der Waals surface area contributed by atoms with E-state index in [9.17, 15) is 0 Å². The Hall–Kier alpha value is -5.11. The molecule has 5 aromatic carbocycles. The number of ketones is 1. The molecule has 256 valence electrons. The number of hydrogen-bond donors (Lipinski definition) is 0. The van der Waals surface area contributed by atoms with Crippen molar-refractivity contribution < 1.29 is 4.79 Å². The second-order valence-corrected chi connectivity index (χ2v) is 15.9. The Balaban J connectivity index is 1.05. The fourth-order valence-electron chi connectivity index (χ4n) is 11.0. The molecule has 0 saturated heterocycles. The lowest BCUT2D eigenvalue weighted by atomic mass is 9.59. The molecule has 4 fully saturated rings. The van der Waals surface area contributed by atoms with Crippen molar-refractivity contribution in [3.05, 3.63) is 178 Å². The summed E-state index contributed by atoms with van der Waals surface area (Å²) in [6, 6.07) is 49.5. The van der Waals surface area contributed by atoms with Gasteiger partial charge in [0.2, 0.25) is 0 Å². The number of Topliss-reactive ketones (excluding diaryl/α,β-unsaturated/α-hetero) is 1. The first kappa shape index (κ1) is 32.8. The van der Waals surface area contributed by atoms with Gasteiger partial charge in [0.15, 0.2) is 0 Å². The maximum Gasteiger partial charge on any atom is 0.144 e. The second kappa shape index (κ2) is 14.5. The predicted octanol–water partition coefficient (Wildman–Crippen LogP) is 11.2. The quantitative estimate of drug-likeness (QED) is 0.174. The van der Waals surface area contributed by atoms with Crippen molar-refractivity contribution in [3.63, 3.8) is 0 Å². The van der Waals surface area contributed by atoms with Gasteiger partial charge in [0.25, 0.3) is 0 Å². The number of benzene rings is 5. The fourth-order valence-corrected chi connectivity index (χ4v) is 11.0. The van der Waals surface area contributed by atoms with E-state index in [1.165, 1.54) is 48.8 Å². The molecule has 0 radical (unpaired) electrons. The number of hydrogen-bond acceptors (Lipinski definition) is 1. The molecule has 9 atom stereocenters. The lowest BCUT2D eigenvalue weighted by Gasteiger charge is -2.45. The summed E-state index contributed by atoms with van der Waals surface area (Å²) in [6.07, 6.45) is 8.53. The highest BCUT2D eigenvalue weighted by molar-refractivity contribution is 5.92. The third-order valence-corrected chi connectivity index (χ3v) is 13.2. The van der Waals surface area contributed by atoms with E-state index >= 15 is 4.79 Å². The molecular weight excluding hydrogens is 629 g/mol. The first-order valence-corrected chi connectivity index (χ1v) is 19.6.